The summed E-state index contributed by atoms with van der Waals surface area (Å²) in [4.78, 5) is 0. The van der Waals surface area contributed by atoms with Crippen molar-refractivity contribution in [2.24, 2.45) is 7.05 Å². The molecular weight excluding hydrogens is 238 g/mol. The summed E-state index contributed by atoms with van der Waals surface area (Å²) in [5, 5.41) is 8.40. The highest BCUT2D eigenvalue weighted by molar-refractivity contribution is 6.30. The molecule has 1 aromatic rings. The molecule has 5 heteroatoms. The molecule has 0 amide bonds. The Balaban J connectivity index is 2.18. The highest BCUT2D eigenvalue weighted by Gasteiger charge is 2.09. The molecule has 1 aromatic heterocycles. The Labute approximate surface area is 108 Å². The van der Waals surface area contributed by atoms with Crippen molar-refractivity contribution in [3.8, 4) is 0 Å². The van der Waals surface area contributed by atoms with Crippen molar-refractivity contribution in [1.29, 1.82) is 0 Å². The van der Waals surface area contributed by atoms with Crippen molar-refractivity contribution >= 4 is 11.6 Å². The van der Waals surface area contributed by atoms with Gasteiger partial charge in [-0.3, -0.25) is 4.68 Å². The van der Waals surface area contributed by atoms with E-state index in [9.17, 15) is 0 Å². The van der Waals surface area contributed by atoms with Gasteiger partial charge < -0.3 is 10.1 Å². The van der Waals surface area contributed by atoms with Crippen molar-refractivity contribution in [2.45, 2.75) is 26.2 Å². The minimum atomic E-state index is 0.771. The zero-order valence-corrected chi connectivity index (χ0v) is 11.7. The van der Waals surface area contributed by atoms with E-state index in [1.165, 1.54) is 5.56 Å². The van der Waals surface area contributed by atoms with Gasteiger partial charge in [0.15, 0.2) is 0 Å². The van der Waals surface area contributed by atoms with Crippen molar-refractivity contribution < 1.29 is 4.74 Å². The van der Waals surface area contributed by atoms with Crippen LogP contribution in [0.4, 0.5) is 0 Å². The number of methoxy groups -OCH3 is 1. The maximum absolute atomic E-state index is 6.16. The number of unbranched alkanes of at least 4 members (excludes halogenated alkanes) is 1. The van der Waals surface area contributed by atoms with Gasteiger partial charge in [0, 0.05) is 26.3 Å². The molecule has 4 nitrogen and oxygen atoms in total. The maximum Gasteiger partial charge on any atom is 0.130 e. The molecule has 98 valence electrons. The molecule has 0 aliphatic rings. The van der Waals surface area contributed by atoms with Gasteiger partial charge in [0.05, 0.1) is 12.3 Å². The van der Waals surface area contributed by atoms with E-state index in [0.29, 0.717) is 0 Å². The molecule has 17 heavy (non-hydrogen) atoms. The van der Waals surface area contributed by atoms with E-state index < -0.39 is 0 Å². The van der Waals surface area contributed by atoms with Crippen LogP contribution in [0.2, 0.25) is 5.15 Å². The van der Waals surface area contributed by atoms with Crippen molar-refractivity contribution in [3.05, 3.63) is 16.4 Å². The van der Waals surface area contributed by atoms with Crippen LogP contribution in [0.1, 0.15) is 24.1 Å². The molecule has 0 spiro atoms. The monoisotopic (exact) mass is 259 g/mol. The molecule has 0 aliphatic heterocycles. The molecule has 0 aromatic carbocycles. The predicted octanol–water partition coefficient (Wildman–Crippen LogP) is 1.94. The third-order valence-corrected chi connectivity index (χ3v) is 3.26. The van der Waals surface area contributed by atoms with E-state index in [1.807, 2.05) is 14.0 Å². The average molecular weight is 260 g/mol. The van der Waals surface area contributed by atoms with Crippen LogP contribution in [-0.2, 0) is 18.2 Å². The molecule has 0 aliphatic carbocycles. The van der Waals surface area contributed by atoms with Crippen LogP contribution in [0, 0.1) is 6.92 Å². The Bertz CT molecular complexity index is 339. The fourth-order valence-electron chi connectivity index (χ4n) is 1.81. The Morgan fingerprint density at radius 3 is 2.71 bits per heavy atom. The summed E-state index contributed by atoms with van der Waals surface area (Å²) in [7, 11) is 3.60. The van der Waals surface area contributed by atoms with Gasteiger partial charge in [0.1, 0.15) is 5.15 Å². The van der Waals surface area contributed by atoms with Crippen molar-refractivity contribution in [1.82, 2.24) is 15.1 Å². The van der Waals surface area contributed by atoms with E-state index in [-0.39, 0.29) is 0 Å². The maximum atomic E-state index is 6.16. The molecule has 0 saturated heterocycles. The van der Waals surface area contributed by atoms with Gasteiger partial charge >= 0.3 is 0 Å². The third kappa shape index (κ3) is 4.66. The number of aryl methyl sites for hydroxylation is 2. The summed E-state index contributed by atoms with van der Waals surface area (Å²) in [6, 6.07) is 0. The number of nitrogens with one attached hydrogen (secondary N) is 1. The lowest BCUT2D eigenvalue weighted by atomic mass is 10.1. The van der Waals surface area contributed by atoms with Crippen LogP contribution >= 0.6 is 11.6 Å². The van der Waals surface area contributed by atoms with Crippen LogP contribution in [-0.4, -0.2) is 36.6 Å². The summed E-state index contributed by atoms with van der Waals surface area (Å²) in [5.74, 6) is 0. The van der Waals surface area contributed by atoms with Gasteiger partial charge in [-0.15, -0.1) is 0 Å². The highest BCUT2D eigenvalue weighted by Crippen LogP contribution is 2.20. The van der Waals surface area contributed by atoms with Crippen molar-refractivity contribution in [3.63, 3.8) is 0 Å². The highest BCUT2D eigenvalue weighted by atomic mass is 35.5. The Kier molecular flexibility index (Phi) is 6.55. The molecule has 1 rings (SSSR count). The fraction of sp³-hybridized carbons (Fsp3) is 0.750. The molecule has 0 bridgehead atoms. The number of rotatable bonds is 8. The van der Waals surface area contributed by atoms with E-state index >= 15 is 0 Å². The Morgan fingerprint density at radius 1 is 1.35 bits per heavy atom. The Morgan fingerprint density at radius 2 is 2.12 bits per heavy atom. The summed E-state index contributed by atoms with van der Waals surface area (Å²) < 4.78 is 6.70. The Hall–Kier alpha value is -0.580. The average Bonchev–Trinajstić information content (AvgIpc) is 2.54. The molecular formula is C12H22ClN3O. The minimum Gasteiger partial charge on any atom is -0.383 e. The molecule has 0 saturated carbocycles. The van der Waals surface area contributed by atoms with Crippen LogP contribution in [0.15, 0.2) is 0 Å². The van der Waals surface area contributed by atoms with Gasteiger partial charge in [-0.25, -0.2) is 0 Å². The first-order valence-corrected chi connectivity index (χ1v) is 6.42. The predicted molar refractivity (Wildman–Crippen MR) is 70.6 cm³/mol. The smallest absolute Gasteiger partial charge is 0.130 e. The van der Waals surface area contributed by atoms with E-state index in [2.05, 4.69) is 10.4 Å². The molecule has 0 fully saturated rings. The van der Waals surface area contributed by atoms with Crippen LogP contribution in [0.25, 0.3) is 0 Å². The zero-order chi connectivity index (χ0) is 12.7. The van der Waals surface area contributed by atoms with Crippen LogP contribution in [0.3, 0.4) is 0 Å². The molecule has 0 atom stereocenters. The lowest BCUT2D eigenvalue weighted by Crippen LogP contribution is -2.20. The molecule has 0 radical (unpaired) electrons. The summed E-state index contributed by atoms with van der Waals surface area (Å²) in [6.07, 6.45) is 3.28. The van der Waals surface area contributed by atoms with Crippen LogP contribution in [0.5, 0.6) is 0 Å². The third-order valence-electron chi connectivity index (χ3n) is 2.78. The molecule has 1 N–H and O–H groups in total. The topological polar surface area (TPSA) is 39.1 Å². The number of ether oxygens (including phenoxy) is 1. The SMILES string of the molecule is COCCNCCCCc1c(C)nn(C)c1Cl. The number of aromatic nitrogens is 2. The summed E-state index contributed by atoms with van der Waals surface area (Å²) >= 11 is 6.16. The number of nitrogens with zero attached hydrogens (tertiary/aromatic N) is 2. The first kappa shape index (κ1) is 14.5. The molecule has 0 unspecified atom stereocenters. The normalized spacial score (nSPS) is 11.1. The van der Waals surface area contributed by atoms with Gasteiger partial charge in [0.2, 0.25) is 0 Å². The number of halogens is 1. The lowest BCUT2D eigenvalue weighted by Gasteiger charge is -2.04. The van der Waals surface area contributed by atoms with E-state index in [1.54, 1.807) is 11.8 Å². The second kappa shape index (κ2) is 7.69. The van der Waals surface area contributed by atoms with E-state index in [4.69, 9.17) is 16.3 Å². The fourth-order valence-corrected chi connectivity index (χ4v) is 2.08. The van der Waals surface area contributed by atoms with Crippen molar-refractivity contribution in [2.75, 3.05) is 26.8 Å². The summed E-state index contributed by atoms with van der Waals surface area (Å²) in [5.41, 5.74) is 2.23. The second-order valence-electron chi connectivity index (χ2n) is 4.18. The lowest BCUT2D eigenvalue weighted by molar-refractivity contribution is 0.199. The zero-order valence-electron chi connectivity index (χ0n) is 10.9. The standard InChI is InChI=1S/C12H22ClN3O/c1-10-11(12(13)16(2)15-10)6-4-5-7-14-8-9-17-3/h14H,4-9H2,1-3H3. The van der Waals surface area contributed by atoms with E-state index in [0.717, 1.165) is 49.8 Å². The van der Waals surface area contributed by atoms with Crippen LogP contribution < -0.4 is 5.32 Å². The van der Waals surface area contributed by atoms with Gasteiger partial charge in [0.25, 0.3) is 0 Å². The van der Waals surface area contributed by atoms with Gasteiger partial charge in [-0.1, -0.05) is 11.6 Å². The largest absolute Gasteiger partial charge is 0.383 e. The minimum absolute atomic E-state index is 0.771. The molecule has 1 heterocycles. The first-order chi connectivity index (χ1) is 8.16. The number of hydrogen-bond donors (Lipinski definition) is 1. The summed E-state index contributed by atoms with van der Waals surface area (Å²) in [6.45, 7) is 4.73. The second-order valence-corrected chi connectivity index (χ2v) is 4.54. The van der Waals surface area contributed by atoms with Gasteiger partial charge in [-0.05, 0) is 32.7 Å². The van der Waals surface area contributed by atoms with Gasteiger partial charge in [-0.2, -0.15) is 5.10 Å². The number of hydrogen-bond acceptors (Lipinski definition) is 3. The quantitative estimate of drug-likeness (QED) is 0.726. The first-order valence-electron chi connectivity index (χ1n) is 6.04.